The van der Waals surface area contributed by atoms with E-state index in [1.54, 1.807) is 6.92 Å². The van der Waals surface area contributed by atoms with Gasteiger partial charge < -0.3 is 9.47 Å². The molecule has 0 N–H and O–H groups in total. The van der Waals surface area contributed by atoms with E-state index in [-0.39, 0.29) is 12.4 Å². The lowest BCUT2D eigenvalue weighted by Gasteiger charge is -2.39. The predicted octanol–water partition coefficient (Wildman–Crippen LogP) is 7.75. The fourth-order valence-corrected chi connectivity index (χ4v) is 5.37. The predicted molar refractivity (Wildman–Crippen MR) is 109 cm³/mol. The van der Waals surface area contributed by atoms with Crippen LogP contribution >= 0.6 is 0 Å². The summed E-state index contributed by atoms with van der Waals surface area (Å²) >= 11 is 0. The van der Waals surface area contributed by atoms with Crippen molar-refractivity contribution in [2.45, 2.75) is 84.2 Å². The van der Waals surface area contributed by atoms with Gasteiger partial charge in [-0.25, -0.2) is 0 Å². The van der Waals surface area contributed by atoms with Crippen molar-refractivity contribution in [1.29, 1.82) is 0 Å². The second kappa shape index (κ2) is 10.2. The highest BCUT2D eigenvalue weighted by atomic mass is 19.3. The minimum atomic E-state index is -3.52. The van der Waals surface area contributed by atoms with Gasteiger partial charge in [0.2, 0.25) is 11.6 Å². The van der Waals surface area contributed by atoms with Crippen LogP contribution < -0.4 is 9.47 Å². The van der Waals surface area contributed by atoms with Gasteiger partial charge in [0.1, 0.15) is 0 Å². The first kappa shape index (κ1) is 23.2. The van der Waals surface area contributed by atoms with Crippen LogP contribution in [0, 0.1) is 35.3 Å². The second-order valence-corrected chi connectivity index (χ2v) is 8.97. The summed E-state index contributed by atoms with van der Waals surface area (Å²) in [6.45, 7) is 4.00. The Kier molecular flexibility index (Phi) is 7.92. The van der Waals surface area contributed by atoms with Gasteiger partial charge in [0.05, 0.1) is 12.5 Å². The van der Waals surface area contributed by atoms with Gasteiger partial charge in [0.25, 0.3) is 0 Å². The average molecular weight is 431 g/mol. The van der Waals surface area contributed by atoms with E-state index in [0.717, 1.165) is 30.9 Å². The first-order valence-electron chi connectivity index (χ1n) is 11.5. The first-order chi connectivity index (χ1) is 14.4. The lowest BCUT2D eigenvalue weighted by Crippen LogP contribution is -2.38. The Bertz CT molecular complexity index is 678. The van der Waals surface area contributed by atoms with Crippen LogP contribution in [-0.2, 0) is 0 Å². The Hall–Kier alpha value is -1.46. The molecule has 0 atom stereocenters. The molecular formula is C24H34F4O2. The summed E-state index contributed by atoms with van der Waals surface area (Å²) in [5, 5.41) is 0. The molecule has 0 saturated heterocycles. The number of ether oxygens (including phenoxy) is 2. The second-order valence-electron chi connectivity index (χ2n) is 8.97. The zero-order valence-corrected chi connectivity index (χ0v) is 18.1. The molecule has 0 amide bonds. The number of hydrogen-bond acceptors (Lipinski definition) is 2. The normalized spacial score (nSPS) is 27.7. The molecule has 2 aliphatic rings. The summed E-state index contributed by atoms with van der Waals surface area (Å²) < 4.78 is 67.2. The van der Waals surface area contributed by atoms with Crippen molar-refractivity contribution in [1.82, 2.24) is 0 Å². The van der Waals surface area contributed by atoms with E-state index in [2.05, 4.69) is 6.92 Å². The van der Waals surface area contributed by atoms with Gasteiger partial charge in [0, 0.05) is 0 Å². The molecule has 2 fully saturated rings. The molecule has 1 aromatic rings. The van der Waals surface area contributed by atoms with E-state index in [1.807, 2.05) is 0 Å². The molecule has 0 aliphatic heterocycles. The SMILES string of the molecule is CCC[C@H]1CC[C@H](C2CCC(C(F)(F)Oc3ccc(OCC)c(F)c3F)CC2)CC1. The van der Waals surface area contributed by atoms with Crippen molar-refractivity contribution in [2.24, 2.45) is 23.7 Å². The zero-order valence-electron chi connectivity index (χ0n) is 18.1. The van der Waals surface area contributed by atoms with E-state index >= 15 is 0 Å². The highest BCUT2D eigenvalue weighted by molar-refractivity contribution is 5.35. The highest BCUT2D eigenvalue weighted by Gasteiger charge is 2.45. The smallest absolute Gasteiger partial charge is 0.400 e. The molecule has 2 nitrogen and oxygen atoms in total. The van der Waals surface area contributed by atoms with Crippen LogP contribution in [-0.4, -0.2) is 12.7 Å². The maximum Gasteiger partial charge on any atom is 0.400 e. The average Bonchev–Trinajstić information content (AvgIpc) is 2.74. The third-order valence-corrected chi connectivity index (χ3v) is 7.06. The monoisotopic (exact) mass is 430 g/mol. The molecule has 0 bridgehead atoms. The van der Waals surface area contributed by atoms with Crippen LogP contribution in [0.2, 0.25) is 0 Å². The Morgan fingerprint density at radius 2 is 1.37 bits per heavy atom. The van der Waals surface area contributed by atoms with Gasteiger partial charge in [-0.15, -0.1) is 0 Å². The van der Waals surface area contributed by atoms with Crippen LogP contribution in [0.1, 0.15) is 78.1 Å². The molecule has 0 unspecified atom stereocenters. The molecule has 6 heteroatoms. The van der Waals surface area contributed by atoms with Crippen LogP contribution in [0.4, 0.5) is 17.6 Å². The van der Waals surface area contributed by atoms with E-state index in [4.69, 9.17) is 9.47 Å². The molecule has 170 valence electrons. The standard InChI is InChI=1S/C24H34F4O2/c1-3-5-16-6-8-17(9-7-16)18-10-12-19(13-11-18)24(27,28)30-21-15-14-20(29-4-2)22(25)23(21)26/h14-19H,3-13H2,1-2H3/t16-,17-,18?,19?. The molecule has 1 aromatic carbocycles. The van der Waals surface area contributed by atoms with E-state index < -0.39 is 29.4 Å². The Labute approximate surface area is 177 Å². The van der Waals surface area contributed by atoms with Gasteiger partial charge in [-0.1, -0.05) is 32.6 Å². The maximum absolute atomic E-state index is 14.7. The van der Waals surface area contributed by atoms with Crippen LogP contribution in [0.15, 0.2) is 12.1 Å². The Balaban J connectivity index is 1.54. The fraction of sp³-hybridized carbons (Fsp3) is 0.750. The Morgan fingerprint density at radius 1 is 0.833 bits per heavy atom. The summed E-state index contributed by atoms with van der Waals surface area (Å²) in [5.74, 6) is -2.79. The number of alkyl halides is 2. The van der Waals surface area contributed by atoms with Crippen molar-refractivity contribution in [3.8, 4) is 11.5 Å². The molecule has 0 spiro atoms. The summed E-state index contributed by atoms with van der Waals surface area (Å²) in [7, 11) is 0. The number of benzene rings is 1. The molecule has 3 rings (SSSR count). The topological polar surface area (TPSA) is 18.5 Å². The van der Waals surface area contributed by atoms with Crippen molar-refractivity contribution >= 4 is 0 Å². The lowest BCUT2D eigenvalue weighted by molar-refractivity contribution is -0.225. The van der Waals surface area contributed by atoms with Crippen molar-refractivity contribution in [2.75, 3.05) is 6.61 Å². The van der Waals surface area contributed by atoms with Crippen molar-refractivity contribution in [3.63, 3.8) is 0 Å². The van der Waals surface area contributed by atoms with E-state index in [1.165, 1.54) is 38.5 Å². The van der Waals surface area contributed by atoms with E-state index in [9.17, 15) is 17.6 Å². The molecule has 0 radical (unpaired) electrons. The van der Waals surface area contributed by atoms with Gasteiger partial charge in [-0.2, -0.15) is 17.6 Å². The zero-order chi connectivity index (χ0) is 21.7. The molecule has 0 aromatic heterocycles. The minimum Gasteiger partial charge on any atom is -0.491 e. The van der Waals surface area contributed by atoms with Crippen LogP contribution in [0.5, 0.6) is 11.5 Å². The van der Waals surface area contributed by atoms with Crippen molar-refractivity contribution in [3.05, 3.63) is 23.8 Å². The quantitative estimate of drug-likeness (QED) is 0.393. The minimum absolute atomic E-state index is 0.149. The molecule has 0 heterocycles. The van der Waals surface area contributed by atoms with Gasteiger partial charge in [-0.3, -0.25) is 0 Å². The number of hydrogen-bond donors (Lipinski definition) is 0. The summed E-state index contributed by atoms with van der Waals surface area (Å²) in [6, 6.07) is 2.14. The first-order valence-corrected chi connectivity index (χ1v) is 11.5. The molecule has 2 saturated carbocycles. The van der Waals surface area contributed by atoms with E-state index in [0.29, 0.717) is 24.7 Å². The maximum atomic E-state index is 14.7. The summed E-state index contributed by atoms with van der Waals surface area (Å²) in [6.07, 6.45) is 6.18. The van der Waals surface area contributed by atoms with Gasteiger partial charge in [0.15, 0.2) is 11.5 Å². The largest absolute Gasteiger partial charge is 0.491 e. The third kappa shape index (κ3) is 5.42. The fourth-order valence-electron chi connectivity index (χ4n) is 5.37. The Morgan fingerprint density at radius 3 is 1.93 bits per heavy atom. The summed E-state index contributed by atoms with van der Waals surface area (Å²) in [4.78, 5) is 0. The van der Waals surface area contributed by atoms with Crippen LogP contribution in [0.25, 0.3) is 0 Å². The van der Waals surface area contributed by atoms with Crippen LogP contribution in [0.3, 0.4) is 0 Å². The van der Waals surface area contributed by atoms with Gasteiger partial charge in [-0.05, 0) is 75.3 Å². The summed E-state index contributed by atoms with van der Waals surface area (Å²) in [5.41, 5.74) is 0. The number of rotatable bonds is 8. The number of halogens is 4. The molecule has 30 heavy (non-hydrogen) atoms. The van der Waals surface area contributed by atoms with Crippen molar-refractivity contribution < 1.29 is 27.0 Å². The highest BCUT2D eigenvalue weighted by Crippen LogP contribution is 2.46. The third-order valence-electron chi connectivity index (χ3n) is 7.06. The molecule has 2 aliphatic carbocycles. The molecular weight excluding hydrogens is 396 g/mol. The van der Waals surface area contributed by atoms with Gasteiger partial charge >= 0.3 is 6.11 Å². The lowest BCUT2D eigenvalue weighted by atomic mass is 9.68.